The number of benzene rings is 2. The Hall–Kier alpha value is -2.54. The Bertz CT molecular complexity index is 714. The third kappa shape index (κ3) is 5.58. The molecule has 8 heteroatoms. The quantitative estimate of drug-likeness (QED) is 0.639. The van der Waals surface area contributed by atoms with E-state index >= 15 is 0 Å². The molecule has 0 aliphatic carbocycles. The summed E-state index contributed by atoms with van der Waals surface area (Å²) in [6.07, 6.45) is -3.01. The van der Waals surface area contributed by atoms with E-state index < -0.39 is 17.6 Å². The fourth-order valence-corrected chi connectivity index (χ4v) is 1.81. The van der Waals surface area contributed by atoms with Crippen LogP contribution in [0.4, 0.5) is 18.9 Å². The molecule has 0 aliphatic heterocycles. The minimum Gasteiger partial charge on any atom is -0.386 e. The fraction of sp³-hybridized carbons (Fsp3) is 0.125. The molecule has 2 aromatic carbocycles. The summed E-state index contributed by atoms with van der Waals surface area (Å²) in [5.74, 6) is -0.539. The minimum atomic E-state index is -4.41. The van der Waals surface area contributed by atoms with Crippen molar-refractivity contribution in [3.63, 3.8) is 0 Å². The molecule has 1 amide bonds. The number of hydrogen-bond acceptors (Lipinski definition) is 3. The lowest BCUT2D eigenvalue weighted by molar-refractivity contribution is -0.137. The van der Waals surface area contributed by atoms with Gasteiger partial charge in [0.15, 0.2) is 6.61 Å². The first-order chi connectivity index (χ1) is 11.3. The third-order valence-corrected chi connectivity index (χ3v) is 3.09. The highest BCUT2D eigenvalue weighted by Gasteiger charge is 2.29. The molecule has 0 radical (unpaired) electrons. The Labute approximate surface area is 140 Å². The molecule has 0 fully saturated rings. The SMILES string of the molecule is O=C(CO/N=C\c1ccc(Cl)cc1)Nc1ccc(C(F)(F)F)cc1. The van der Waals surface area contributed by atoms with Gasteiger partial charge in [-0.3, -0.25) is 4.79 Å². The van der Waals surface area contributed by atoms with E-state index in [0.717, 1.165) is 29.8 Å². The lowest BCUT2D eigenvalue weighted by Gasteiger charge is -2.08. The first kappa shape index (κ1) is 17.8. The van der Waals surface area contributed by atoms with Crippen LogP contribution < -0.4 is 5.32 Å². The van der Waals surface area contributed by atoms with Crippen LogP contribution in [0.2, 0.25) is 5.02 Å². The van der Waals surface area contributed by atoms with E-state index in [2.05, 4.69) is 10.5 Å². The lowest BCUT2D eigenvalue weighted by Crippen LogP contribution is -2.17. The number of nitrogens with zero attached hydrogens (tertiary/aromatic N) is 1. The summed E-state index contributed by atoms with van der Waals surface area (Å²) in [6, 6.07) is 10.9. The monoisotopic (exact) mass is 356 g/mol. The van der Waals surface area contributed by atoms with Crippen molar-refractivity contribution in [3.8, 4) is 0 Å². The van der Waals surface area contributed by atoms with Crippen LogP contribution >= 0.6 is 11.6 Å². The van der Waals surface area contributed by atoms with Gasteiger partial charge < -0.3 is 10.2 Å². The highest BCUT2D eigenvalue weighted by atomic mass is 35.5. The highest BCUT2D eigenvalue weighted by molar-refractivity contribution is 6.30. The predicted octanol–water partition coefficient (Wildman–Crippen LogP) is 4.35. The van der Waals surface area contributed by atoms with Gasteiger partial charge in [0.05, 0.1) is 11.8 Å². The minimum absolute atomic E-state index is 0.235. The van der Waals surface area contributed by atoms with Gasteiger partial charge in [0.1, 0.15) is 0 Å². The van der Waals surface area contributed by atoms with Gasteiger partial charge in [0, 0.05) is 10.7 Å². The molecule has 0 aliphatic rings. The van der Waals surface area contributed by atoms with Crippen LogP contribution in [-0.2, 0) is 15.8 Å². The van der Waals surface area contributed by atoms with E-state index in [4.69, 9.17) is 16.4 Å². The smallest absolute Gasteiger partial charge is 0.386 e. The number of carbonyl (C=O) groups excluding carboxylic acids is 1. The van der Waals surface area contributed by atoms with Crippen LogP contribution in [0.1, 0.15) is 11.1 Å². The number of amides is 1. The first-order valence-corrected chi connectivity index (χ1v) is 7.10. The van der Waals surface area contributed by atoms with Crippen molar-refractivity contribution in [1.29, 1.82) is 0 Å². The molecule has 0 unspecified atom stereocenters. The van der Waals surface area contributed by atoms with Gasteiger partial charge in [-0.15, -0.1) is 0 Å². The first-order valence-electron chi connectivity index (χ1n) is 6.72. The fourth-order valence-electron chi connectivity index (χ4n) is 1.68. The maximum Gasteiger partial charge on any atom is 0.416 e. The van der Waals surface area contributed by atoms with Crippen molar-refractivity contribution >= 4 is 29.4 Å². The molecule has 126 valence electrons. The average molecular weight is 357 g/mol. The van der Waals surface area contributed by atoms with Gasteiger partial charge in [0.25, 0.3) is 5.91 Å². The second kappa shape index (κ2) is 7.83. The number of hydrogen-bond donors (Lipinski definition) is 1. The normalized spacial score (nSPS) is 11.5. The van der Waals surface area contributed by atoms with Gasteiger partial charge in [0.2, 0.25) is 0 Å². The summed E-state index contributed by atoms with van der Waals surface area (Å²) in [7, 11) is 0. The van der Waals surface area contributed by atoms with E-state index in [-0.39, 0.29) is 12.3 Å². The van der Waals surface area contributed by atoms with Crippen molar-refractivity contribution in [3.05, 3.63) is 64.7 Å². The van der Waals surface area contributed by atoms with Gasteiger partial charge in [-0.25, -0.2) is 0 Å². The Morgan fingerprint density at radius 1 is 1.12 bits per heavy atom. The van der Waals surface area contributed by atoms with E-state index in [0.29, 0.717) is 5.02 Å². The second-order valence-electron chi connectivity index (χ2n) is 4.68. The number of alkyl halides is 3. The summed E-state index contributed by atoms with van der Waals surface area (Å²) < 4.78 is 37.3. The number of halogens is 4. The summed E-state index contributed by atoms with van der Waals surface area (Å²) in [4.78, 5) is 16.4. The number of anilines is 1. The van der Waals surface area contributed by atoms with E-state index in [1.807, 2.05) is 0 Å². The molecule has 0 heterocycles. The molecule has 0 aromatic heterocycles. The van der Waals surface area contributed by atoms with E-state index in [9.17, 15) is 18.0 Å². The van der Waals surface area contributed by atoms with Gasteiger partial charge in [-0.1, -0.05) is 28.9 Å². The zero-order valence-corrected chi connectivity index (χ0v) is 12.9. The van der Waals surface area contributed by atoms with Crippen LogP contribution in [-0.4, -0.2) is 18.7 Å². The summed E-state index contributed by atoms with van der Waals surface area (Å²) in [5.41, 5.74) is 0.185. The number of carbonyl (C=O) groups is 1. The topological polar surface area (TPSA) is 50.7 Å². The van der Waals surface area contributed by atoms with Crippen LogP contribution in [0.15, 0.2) is 53.7 Å². The number of nitrogens with one attached hydrogen (secondary N) is 1. The van der Waals surface area contributed by atoms with Gasteiger partial charge in [-0.2, -0.15) is 13.2 Å². The molecule has 0 atom stereocenters. The van der Waals surface area contributed by atoms with E-state index in [1.54, 1.807) is 24.3 Å². The molecular formula is C16H12ClF3N2O2. The largest absolute Gasteiger partial charge is 0.416 e. The predicted molar refractivity (Wildman–Crippen MR) is 85.1 cm³/mol. The maximum absolute atomic E-state index is 12.4. The standard InChI is InChI=1S/C16H12ClF3N2O2/c17-13-5-1-11(2-6-13)9-21-24-10-15(23)22-14-7-3-12(4-8-14)16(18,19)20/h1-9H,10H2,(H,22,23)/b21-9-. The van der Waals surface area contributed by atoms with Gasteiger partial charge >= 0.3 is 6.18 Å². The Balaban J connectivity index is 1.80. The van der Waals surface area contributed by atoms with Crippen LogP contribution in [0.25, 0.3) is 0 Å². The Kier molecular flexibility index (Phi) is 5.81. The Morgan fingerprint density at radius 3 is 2.33 bits per heavy atom. The Morgan fingerprint density at radius 2 is 1.75 bits per heavy atom. The van der Waals surface area contributed by atoms with Crippen molar-refractivity contribution in [2.45, 2.75) is 6.18 Å². The molecule has 0 saturated carbocycles. The molecule has 2 aromatic rings. The van der Waals surface area contributed by atoms with Crippen molar-refractivity contribution in [1.82, 2.24) is 0 Å². The molecule has 2 rings (SSSR count). The van der Waals surface area contributed by atoms with Crippen LogP contribution in [0.5, 0.6) is 0 Å². The van der Waals surface area contributed by atoms with Gasteiger partial charge in [-0.05, 0) is 42.0 Å². The lowest BCUT2D eigenvalue weighted by atomic mass is 10.2. The molecule has 0 spiro atoms. The van der Waals surface area contributed by atoms with E-state index in [1.165, 1.54) is 6.21 Å². The van der Waals surface area contributed by atoms with Crippen molar-refractivity contribution in [2.24, 2.45) is 5.16 Å². The van der Waals surface area contributed by atoms with Crippen LogP contribution in [0.3, 0.4) is 0 Å². The average Bonchev–Trinajstić information content (AvgIpc) is 2.53. The van der Waals surface area contributed by atoms with Crippen LogP contribution in [0, 0.1) is 0 Å². The molecule has 24 heavy (non-hydrogen) atoms. The molecule has 1 N–H and O–H groups in total. The zero-order valence-electron chi connectivity index (χ0n) is 12.2. The molecule has 0 saturated heterocycles. The summed E-state index contributed by atoms with van der Waals surface area (Å²) in [6.45, 7) is -0.370. The summed E-state index contributed by atoms with van der Waals surface area (Å²) in [5, 5.41) is 6.61. The zero-order chi connectivity index (χ0) is 17.6. The number of oxime groups is 1. The van der Waals surface area contributed by atoms with Crippen molar-refractivity contribution in [2.75, 3.05) is 11.9 Å². The second-order valence-corrected chi connectivity index (χ2v) is 5.12. The highest BCUT2D eigenvalue weighted by Crippen LogP contribution is 2.29. The molecular weight excluding hydrogens is 345 g/mol. The summed E-state index contributed by atoms with van der Waals surface area (Å²) >= 11 is 5.74. The third-order valence-electron chi connectivity index (χ3n) is 2.84. The van der Waals surface area contributed by atoms with Crippen molar-refractivity contribution < 1.29 is 22.8 Å². The molecule has 4 nitrogen and oxygen atoms in total. The maximum atomic E-state index is 12.4. The number of rotatable bonds is 5. The molecule has 0 bridgehead atoms.